The van der Waals surface area contributed by atoms with Crippen LogP contribution >= 0.6 is 0 Å². The van der Waals surface area contributed by atoms with Crippen molar-refractivity contribution in [1.29, 1.82) is 0 Å². The lowest BCUT2D eigenvalue weighted by Crippen LogP contribution is -1.99. The van der Waals surface area contributed by atoms with E-state index in [9.17, 15) is 10.1 Å². The summed E-state index contributed by atoms with van der Waals surface area (Å²) in [5.41, 5.74) is 1.28. The fourth-order valence-corrected chi connectivity index (χ4v) is 0.919. The third kappa shape index (κ3) is 2.02. The van der Waals surface area contributed by atoms with Crippen LogP contribution in [0.2, 0.25) is 0 Å². The molecule has 0 aliphatic rings. The van der Waals surface area contributed by atoms with E-state index in [1.165, 1.54) is 12.1 Å². The molecule has 0 heterocycles. The summed E-state index contributed by atoms with van der Waals surface area (Å²) in [4.78, 5) is 9.95. The second-order valence-electron chi connectivity index (χ2n) is 2.52. The third-order valence-electron chi connectivity index (χ3n) is 1.67. The quantitative estimate of drug-likeness (QED) is 0.321. The molecule has 0 aromatic heterocycles. The summed E-state index contributed by atoms with van der Waals surface area (Å²) in [6, 6.07) is 6.18. The summed E-state index contributed by atoms with van der Waals surface area (Å²) >= 11 is 0. The van der Waals surface area contributed by atoms with E-state index >= 15 is 0 Å². The maximum atomic E-state index is 10.4. The molecule has 5 heteroatoms. The van der Waals surface area contributed by atoms with E-state index in [1.54, 1.807) is 19.1 Å². The van der Waals surface area contributed by atoms with Crippen molar-refractivity contribution in [3.8, 4) is 0 Å². The molecule has 0 amide bonds. The molecular weight excluding hydrogens is 170 g/mol. The molecular formula is C8H9N3O2. The van der Waals surface area contributed by atoms with Crippen molar-refractivity contribution in [2.24, 2.45) is 10.9 Å². The van der Waals surface area contributed by atoms with E-state index in [1.807, 2.05) is 0 Å². The lowest BCUT2D eigenvalue weighted by molar-refractivity contribution is -0.384. The number of nitrogens with two attached hydrogens (primary N) is 1. The van der Waals surface area contributed by atoms with Crippen LogP contribution in [0.4, 0.5) is 5.69 Å². The summed E-state index contributed by atoms with van der Waals surface area (Å²) < 4.78 is 0. The zero-order valence-corrected chi connectivity index (χ0v) is 7.10. The van der Waals surface area contributed by atoms with Gasteiger partial charge in [-0.25, -0.2) is 0 Å². The Hall–Kier alpha value is -1.91. The van der Waals surface area contributed by atoms with Crippen LogP contribution in [0.3, 0.4) is 0 Å². The van der Waals surface area contributed by atoms with Gasteiger partial charge in [-0.05, 0) is 6.92 Å². The van der Waals surface area contributed by atoms with Crippen molar-refractivity contribution >= 4 is 11.4 Å². The number of nitrogens with zero attached hydrogens (tertiary/aromatic N) is 2. The first kappa shape index (κ1) is 9.18. The standard InChI is InChI=1S/C8H9N3O2/c1-6(10-9)7-3-2-4-8(5-7)11(12)13/h2-5H,9H2,1H3/b10-6+. The average molecular weight is 179 g/mol. The minimum atomic E-state index is -0.451. The number of nitro benzene ring substituents is 1. The van der Waals surface area contributed by atoms with Crippen LogP contribution in [-0.4, -0.2) is 10.6 Å². The van der Waals surface area contributed by atoms with Crippen LogP contribution in [0.15, 0.2) is 29.4 Å². The summed E-state index contributed by atoms with van der Waals surface area (Å²) in [6.07, 6.45) is 0. The highest BCUT2D eigenvalue weighted by molar-refractivity contribution is 5.98. The van der Waals surface area contributed by atoms with Gasteiger partial charge in [-0.15, -0.1) is 0 Å². The Morgan fingerprint density at radius 1 is 1.62 bits per heavy atom. The molecule has 0 radical (unpaired) electrons. The summed E-state index contributed by atoms with van der Waals surface area (Å²) in [5.74, 6) is 5.05. The van der Waals surface area contributed by atoms with Crippen LogP contribution in [-0.2, 0) is 0 Å². The first-order valence-electron chi connectivity index (χ1n) is 3.64. The SMILES string of the molecule is C/C(=N\N)c1cccc([N+](=O)[O-])c1. The molecule has 0 bridgehead atoms. The van der Waals surface area contributed by atoms with Crippen molar-refractivity contribution in [2.75, 3.05) is 0 Å². The molecule has 2 N–H and O–H groups in total. The van der Waals surface area contributed by atoms with Gasteiger partial charge in [0.05, 0.1) is 10.6 Å². The summed E-state index contributed by atoms with van der Waals surface area (Å²) in [5, 5.41) is 13.9. The number of nitro groups is 1. The zero-order valence-electron chi connectivity index (χ0n) is 7.10. The van der Waals surface area contributed by atoms with E-state index in [0.717, 1.165) is 0 Å². The van der Waals surface area contributed by atoms with Gasteiger partial charge in [0.1, 0.15) is 0 Å². The smallest absolute Gasteiger partial charge is 0.270 e. The summed E-state index contributed by atoms with van der Waals surface area (Å²) in [7, 11) is 0. The molecule has 13 heavy (non-hydrogen) atoms. The Kier molecular flexibility index (Phi) is 2.59. The third-order valence-corrected chi connectivity index (χ3v) is 1.67. The largest absolute Gasteiger partial charge is 0.323 e. The van der Waals surface area contributed by atoms with Crippen LogP contribution in [0.1, 0.15) is 12.5 Å². The lowest BCUT2D eigenvalue weighted by Gasteiger charge is -1.97. The first-order chi connectivity index (χ1) is 6.15. The number of hydrogen-bond acceptors (Lipinski definition) is 4. The molecule has 1 aromatic carbocycles. The van der Waals surface area contributed by atoms with Gasteiger partial charge in [0.25, 0.3) is 5.69 Å². The van der Waals surface area contributed by atoms with Crippen molar-refractivity contribution < 1.29 is 4.92 Å². The van der Waals surface area contributed by atoms with E-state index in [4.69, 9.17) is 5.84 Å². The number of hydrogen-bond donors (Lipinski definition) is 1. The Bertz CT molecular complexity index is 360. The highest BCUT2D eigenvalue weighted by Gasteiger charge is 2.06. The van der Waals surface area contributed by atoms with Crippen LogP contribution in [0.5, 0.6) is 0 Å². The van der Waals surface area contributed by atoms with Gasteiger partial charge in [0, 0.05) is 17.7 Å². The van der Waals surface area contributed by atoms with Gasteiger partial charge in [-0.1, -0.05) is 12.1 Å². The fourth-order valence-electron chi connectivity index (χ4n) is 0.919. The number of hydrazone groups is 1. The fraction of sp³-hybridized carbons (Fsp3) is 0.125. The molecule has 68 valence electrons. The molecule has 0 atom stereocenters. The monoisotopic (exact) mass is 179 g/mol. The molecule has 0 saturated heterocycles. The van der Waals surface area contributed by atoms with Crippen molar-refractivity contribution in [1.82, 2.24) is 0 Å². The van der Waals surface area contributed by atoms with E-state index in [-0.39, 0.29) is 5.69 Å². The second kappa shape index (κ2) is 3.66. The van der Waals surface area contributed by atoms with Gasteiger partial charge >= 0.3 is 0 Å². The molecule has 0 aliphatic carbocycles. The molecule has 0 saturated carbocycles. The first-order valence-corrected chi connectivity index (χ1v) is 3.64. The molecule has 0 fully saturated rings. The molecule has 1 rings (SSSR count). The topological polar surface area (TPSA) is 81.5 Å². The predicted molar refractivity (Wildman–Crippen MR) is 49.5 cm³/mol. The Balaban J connectivity index is 3.13. The van der Waals surface area contributed by atoms with Gasteiger partial charge in [0.15, 0.2) is 0 Å². The predicted octanol–water partition coefficient (Wildman–Crippen LogP) is 1.28. The van der Waals surface area contributed by atoms with Gasteiger partial charge in [0.2, 0.25) is 0 Å². The Morgan fingerprint density at radius 3 is 2.85 bits per heavy atom. The highest BCUT2D eigenvalue weighted by Crippen LogP contribution is 2.13. The Morgan fingerprint density at radius 2 is 2.31 bits per heavy atom. The highest BCUT2D eigenvalue weighted by atomic mass is 16.6. The number of non-ortho nitro benzene ring substituents is 1. The van der Waals surface area contributed by atoms with Crippen molar-refractivity contribution in [3.63, 3.8) is 0 Å². The minimum Gasteiger partial charge on any atom is -0.323 e. The maximum Gasteiger partial charge on any atom is 0.270 e. The average Bonchev–Trinajstić information content (AvgIpc) is 2.17. The van der Waals surface area contributed by atoms with Gasteiger partial charge in [-0.3, -0.25) is 10.1 Å². The normalized spacial score (nSPS) is 11.3. The second-order valence-corrected chi connectivity index (χ2v) is 2.52. The number of rotatable bonds is 2. The maximum absolute atomic E-state index is 10.4. The molecule has 0 spiro atoms. The molecule has 1 aromatic rings. The van der Waals surface area contributed by atoms with Gasteiger partial charge in [-0.2, -0.15) is 5.10 Å². The van der Waals surface area contributed by atoms with Crippen LogP contribution < -0.4 is 5.84 Å². The van der Waals surface area contributed by atoms with E-state index < -0.39 is 4.92 Å². The minimum absolute atomic E-state index is 0.0421. The summed E-state index contributed by atoms with van der Waals surface area (Å²) in [6.45, 7) is 1.69. The Labute approximate surface area is 75.0 Å². The lowest BCUT2D eigenvalue weighted by atomic mass is 10.1. The number of benzene rings is 1. The van der Waals surface area contributed by atoms with E-state index in [2.05, 4.69) is 5.10 Å². The molecule has 0 aliphatic heterocycles. The van der Waals surface area contributed by atoms with Crippen LogP contribution in [0.25, 0.3) is 0 Å². The zero-order chi connectivity index (χ0) is 9.84. The van der Waals surface area contributed by atoms with Crippen molar-refractivity contribution in [2.45, 2.75) is 6.92 Å². The molecule has 0 unspecified atom stereocenters. The van der Waals surface area contributed by atoms with E-state index in [0.29, 0.717) is 11.3 Å². The van der Waals surface area contributed by atoms with Gasteiger partial charge < -0.3 is 5.84 Å². The molecule has 5 nitrogen and oxygen atoms in total. The van der Waals surface area contributed by atoms with Crippen LogP contribution in [0, 0.1) is 10.1 Å². The van der Waals surface area contributed by atoms with Crippen molar-refractivity contribution in [3.05, 3.63) is 39.9 Å².